The predicted molar refractivity (Wildman–Crippen MR) is 27.1 cm³/mol. The van der Waals surface area contributed by atoms with Crippen LogP contribution in [0.5, 0.6) is 0 Å². The minimum Gasteiger partial charge on any atom is -0.768 e. The van der Waals surface area contributed by atoms with Crippen molar-refractivity contribution in [3.05, 3.63) is 6.20 Å². The maximum Gasteiger partial charge on any atom is 1.00 e. The summed E-state index contributed by atoms with van der Waals surface area (Å²) in [6.45, 7) is 0. The molecule has 0 spiro atoms. The summed E-state index contributed by atoms with van der Waals surface area (Å²) >= 11 is -1.30. The average Bonchev–Trinajstić information content (AvgIpc) is 2.12. The van der Waals surface area contributed by atoms with Crippen LogP contribution in [0.15, 0.2) is 10.4 Å². The normalized spacial score (nSPS) is 12.1. The number of aromatic nitrogens is 2. The van der Waals surface area contributed by atoms with E-state index in [0.717, 1.165) is 11.5 Å². The first kappa shape index (κ1) is 9.67. The molecule has 44 valence electrons. The van der Waals surface area contributed by atoms with Crippen molar-refractivity contribution < 1.29 is 38.3 Å². The van der Waals surface area contributed by atoms with Crippen LogP contribution in [0.1, 0.15) is 0 Å². The molecule has 1 heterocycles. The average molecular weight is 172 g/mol. The molecule has 0 bridgehead atoms. The van der Waals surface area contributed by atoms with Gasteiger partial charge in [-0.15, -0.1) is 5.10 Å². The van der Waals surface area contributed by atoms with Gasteiger partial charge in [-0.25, -0.2) is 0 Å². The number of rotatable bonds is 1. The molecule has 0 saturated carbocycles. The Bertz CT molecular complexity index is 188. The first-order chi connectivity index (χ1) is 3.80. The van der Waals surface area contributed by atoms with Crippen LogP contribution in [0.25, 0.3) is 0 Å². The summed E-state index contributed by atoms with van der Waals surface area (Å²) in [7, 11) is 0. The SMILES string of the molecule is O=S([O-])c1cnns1.[Na+]. The van der Waals surface area contributed by atoms with E-state index in [1.54, 1.807) is 0 Å². The Hall–Kier alpha value is 0.670. The Labute approximate surface area is 80.4 Å². The van der Waals surface area contributed by atoms with Crippen LogP contribution < -0.4 is 29.6 Å². The molecule has 1 aromatic rings. The molecule has 0 amide bonds. The van der Waals surface area contributed by atoms with Crippen molar-refractivity contribution in [3.63, 3.8) is 0 Å². The number of hydrogen-bond acceptors (Lipinski definition) is 5. The second kappa shape index (κ2) is 4.48. The summed E-state index contributed by atoms with van der Waals surface area (Å²) in [5.74, 6) is 0. The Kier molecular flexibility index (Phi) is 4.81. The Balaban J connectivity index is 0.000000640. The zero-order chi connectivity index (χ0) is 5.98. The van der Waals surface area contributed by atoms with Crippen molar-refractivity contribution in [2.45, 2.75) is 4.21 Å². The minimum absolute atomic E-state index is 0. The molecule has 1 atom stereocenters. The molecule has 1 rings (SSSR count). The van der Waals surface area contributed by atoms with Crippen molar-refractivity contribution >= 4 is 22.6 Å². The zero-order valence-electron chi connectivity index (χ0n) is 4.60. The Morgan fingerprint density at radius 3 is 2.67 bits per heavy atom. The van der Waals surface area contributed by atoms with Gasteiger partial charge in [0.05, 0.1) is 6.20 Å². The van der Waals surface area contributed by atoms with Gasteiger partial charge in [-0.3, -0.25) is 4.21 Å². The van der Waals surface area contributed by atoms with E-state index < -0.39 is 11.1 Å². The van der Waals surface area contributed by atoms with Gasteiger partial charge in [0, 0.05) is 0 Å². The summed E-state index contributed by atoms with van der Waals surface area (Å²) in [5, 5.41) is 3.32. The molecule has 1 aromatic heterocycles. The standard InChI is InChI=1S/C2H2N2O2S2.Na/c5-8(6)2-1-3-4-7-2;/h1H,(H,5,6);/q;+1/p-1. The molecule has 4 nitrogen and oxygen atoms in total. The van der Waals surface area contributed by atoms with Crippen LogP contribution >= 0.6 is 11.5 Å². The van der Waals surface area contributed by atoms with E-state index in [-0.39, 0.29) is 33.8 Å². The first-order valence-electron chi connectivity index (χ1n) is 1.67. The third-order valence-electron chi connectivity index (χ3n) is 0.505. The van der Waals surface area contributed by atoms with Crippen LogP contribution in [0.4, 0.5) is 0 Å². The quantitative estimate of drug-likeness (QED) is 0.330. The van der Waals surface area contributed by atoms with Gasteiger partial charge in [-0.1, -0.05) is 4.49 Å². The molecule has 9 heavy (non-hydrogen) atoms. The monoisotopic (exact) mass is 172 g/mol. The Morgan fingerprint density at radius 2 is 2.44 bits per heavy atom. The molecule has 0 saturated heterocycles. The molecule has 0 aliphatic carbocycles. The van der Waals surface area contributed by atoms with Gasteiger partial charge in [0.1, 0.15) is 4.21 Å². The van der Waals surface area contributed by atoms with Gasteiger partial charge >= 0.3 is 29.6 Å². The van der Waals surface area contributed by atoms with E-state index in [4.69, 9.17) is 0 Å². The fourth-order valence-corrected chi connectivity index (χ4v) is 0.977. The molecular weight excluding hydrogens is 171 g/mol. The maximum absolute atomic E-state index is 9.99. The van der Waals surface area contributed by atoms with Gasteiger partial charge in [0.25, 0.3) is 0 Å². The third-order valence-corrected chi connectivity index (χ3v) is 2.03. The van der Waals surface area contributed by atoms with Crippen molar-refractivity contribution in [2.75, 3.05) is 0 Å². The van der Waals surface area contributed by atoms with Crippen LogP contribution in [0.3, 0.4) is 0 Å². The van der Waals surface area contributed by atoms with Gasteiger partial charge in [-0.2, -0.15) is 0 Å². The smallest absolute Gasteiger partial charge is 0.768 e. The molecule has 0 radical (unpaired) electrons. The molecule has 0 aliphatic rings. The van der Waals surface area contributed by atoms with Crippen LogP contribution in [0, 0.1) is 0 Å². The van der Waals surface area contributed by atoms with Crippen molar-refractivity contribution in [3.8, 4) is 0 Å². The van der Waals surface area contributed by atoms with Crippen molar-refractivity contribution in [1.29, 1.82) is 0 Å². The predicted octanol–water partition coefficient (Wildman–Crippen LogP) is -3.22. The van der Waals surface area contributed by atoms with Gasteiger partial charge in [-0.05, 0) is 22.6 Å². The summed E-state index contributed by atoms with van der Waals surface area (Å²) < 4.78 is 23.5. The summed E-state index contributed by atoms with van der Waals surface area (Å²) in [6.07, 6.45) is 1.20. The summed E-state index contributed by atoms with van der Waals surface area (Å²) in [6, 6.07) is 0. The van der Waals surface area contributed by atoms with Crippen LogP contribution in [-0.2, 0) is 11.1 Å². The van der Waals surface area contributed by atoms with Gasteiger partial charge in [0.15, 0.2) is 0 Å². The van der Waals surface area contributed by atoms with E-state index >= 15 is 0 Å². The van der Waals surface area contributed by atoms with Gasteiger partial charge in [0.2, 0.25) is 0 Å². The molecule has 0 aromatic carbocycles. The van der Waals surface area contributed by atoms with Crippen LogP contribution in [-0.4, -0.2) is 18.3 Å². The molecular formula is C2HN2NaO2S2. The Morgan fingerprint density at radius 1 is 1.78 bits per heavy atom. The van der Waals surface area contributed by atoms with E-state index in [2.05, 4.69) is 9.59 Å². The van der Waals surface area contributed by atoms with Gasteiger partial charge < -0.3 is 4.55 Å². The third kappa shape index (κ3) is 2.83. The summed E-state index contributed by atoms with van der Waals surface area (Å²) in [4.78, 5) is 0. The molecule has 0 N–H and O–H groups in total. The van der Waals surface area contributed by atoms with E-state index in [1.807, 2.05) is 0 Å². The first-order valence-corrected chi connectivity index (χ1v) is 3.52. The number of hydrogen-bond donors (Lipinski definition) is 0. The zero-order valence-corrected chi connectivity index (χ0v) is 8.24. The fourth-order valence-electron chi connectivity index (χ4n) is 0.232. The van der Waals surface area contributed by atoms with E-state index in [1.165, 1.54) is 6.20 Å². The largest absolute Gasteiger partial charge is 1.00 e. The topological polar surface area (TPSA) is 65.9 Å². The molecule has 1 unspecified atom stereocenters. The second-order valence-corrected chi connectivity index (χ2v) is 2.92. The number of nitrogens with zero attached hydrogens (tertiary/aromatic N) is 2. The molecule has 0 fully saturated rings. The maximum atomic E-state index is 9.99. The molecule has 0 aliphatic heterocycles. The van der Waals surface area contributed by atoms with Crippen molar-refractivity contribution in [2.24, 2.45) is 0 Å². The van der Waals surface area contributed by atoms with E-state index in [9.17, 15) is 8.76 Å². The fraction of sp³-hybridized carbons (Fsp3) is 0. The minimum atomic E-state index is -2.15. The van der Waals surface area contributed by atoms with Crippen molar-refractivity contribution in [1.82, 2.24) is 9.59 Å². The van der Waals surface area contributed by atoms with Crippen LogP contribution in [0.2, 0.25) is 0 Å². The second-order valence-electron chi connectivity index (χ2n) is 0.971. The molecule has 7 heteroatoms. The summed E-state index contributed by atoms with van der Waals surface area (Å²) in [5.41, 5.74) is 0. The van der Waals surface area contributed by atoms with E-state index in [0.29, 0.717) is 0 Å².